The van der Waals surface area contributed by atoms with Crippen molar-refractivity contribution in [3.05, 3.63) is 12.4 Å². The summed E-state index contributed by atoms with van der Waals surface area (Å²) in [4.78, 5) is 22.2. The molecule has 0 spiro atoms. The van der Waals surface area contributed by atoms with E-state index in [0.29, 0.717) is 18.5 Å². The van der Waals surface area contributed by atoms with Gasteiger partial charge in [0.15, 0.2) is 0 Å². The number of ether oxygens (including phenoxy) is 1. The lowest BCUT2D eigenvalue weighted by molar-refractivity contribution is -0.130. The van der Waals surface area contributed by atoms with Gasteiger partial charge in [-0.05, 0) is 59.3 Å². The molecule has 29 heavy (non-hydrogen) atoms. The van der Waals surface area contributed by atoms with Crippen LogP contribution in [-0.4, -0.2) is 64.7 Å². The fraction of sp³-hybridized carbons (Fsp3) is 0.750. The fourth-order valence-corrected chi connectivity index (χ4v) is 3.82. The molecule has 1 amide bonds. The van der Waals surface area contributed by atoms with Crippen LogP contribution in [0.5, 0.6) is 6.01 Å². The van der Waals surface area contributed by atoms with Crippen LogP contribution in [0.4, 0.5) is 0 Å². The van der Waals surface area contributed by atoms with Gasteiger partial charge in [0.1, 0.15) is 5.88 Å². The van der Waals surface area contributed by atoms with E-state index >= 15 is 0 Å². The van der Waals surface area contributed by atoms with Gasteiger partial charge in [0.05, 0.1) is 17.8 Å². The van der Waals surface area contributed by atoms with E-state index in [-0.39, 0.29) is 11.8 Å². The number of alkyl halides is 1. The van der Waals surface area contributed by atoms with E-state index in [1.54, 1.807) is 12.4 Å². The highest BCUT2D eigenvalue weighted by Gasteiger charge is 2.51. The molecule has 7 nitrogen and oxygen atoms in total. The predicted molar refractivity (Wildman–Crippen MR) is 113 cm³/mol. The van der Waals surface area contributed by atoms with Crippen LogP contribution in [0.1, 0.15) is 53.4 Å². The van der Waals surface area contributed by atoms with Gasteiger partial charge >= 0.3 is 13.1 Å². The van der Waals surface area contributed by atoms with Crippen molar-refractivity contribution in [2.24, 2.45) is 5.92 Å². The number of amides is 1. The standard InChI is InChI=1S/C20H31BClN3O4/c1-19(2)20(3,4)29-21(28-19)16-12-23-18(24-13-16)27-10-6-8-15-7-5-9-25(14-15)17(26)11-22/h12-13,15H,5-11,14H2,1-4H3/t15-/m0/s1. The summed E-state index contributed by atoms with van der Waals surface area (Å²) in [5, 5.41) is 0. The largest absolute Gasteiger partial charge is 0.498 e. The second-order valence-electron chi connectivity index (χ2n) is 8.86. The minimum Gasteiger partial charge on any atom is -0.463 e. The highest BCUT2D eigenvalue weighted by Crippen LogP contribution is 2.36. The van der Waals surface area contributed by atoms with E-state index in [9.17, 15) is 4.79 Å². The zero-order valence-electron chi connectivity index (χ0n) is 17.8. The molecule has 160 valence electrons. The van der Waals surface area contributed by atoms with Gasteiger partial charge in [0, 0.05) is 30.9 Å². The number of carbonyl (C=O) groups excluding carboxylic acids is 1. The summed E-state index contributed by atoms with van der Waals surface area (Å²) in [7, 11) is -0.473. The Morgan fingerprint density at radius 2 is 1.93 bits per heavy atom. The van der Waals surface area contributed by atoms with E-state index in [1.165, 1.54) is 0 Å². The minimum absolute atomic E-state index is 0.0307. The molecule has 1 aromatic rings. The fourth-order valence-electron chi connectivity index (χ4n) is 3.65. The number of piperidine rings is 1. The van der Waals surface area contributed by atoms with Crippen LogP contribution in [-0.2, 0) is 14.1 Å². The topological polar surface area (TPSA) is 73.8 Å². The lowest BCUT2D eigenvalue weighted by Gasteiger charge is -2.32. The Labute approximate surface area is 178 Å². The first-order valence-corrected chi connectivity index (χ1v) is 10.9. The van der Waals surface area contributed by atoms with Crippen molar-refractivity contribution in [3.63, 3.8) is 0 Å². The molecule has 0 radical (unpaired) electrons. The molecular weight excluding hydrogens is 393 g/mol. The molecule has 9 heteroatoms. The van der Waals surface area contributed by atoms with Gasteiger partial charge in [-0.3, -0.25) is 4.79 Å². The predicted octanol–water partition coefficient (Wildman–Crippen LogP) is 2.41. The van der Waals surface area contributed by atoms with Crippen LogP contribution in [0, 0.1) is 5.92 Å². The van der Waals surface area contributed by atoms with Crippen molar-refractivity contribution in [1.29, 1.82) is 0 Å². The molecule has 0 saturated carbocycles. The van der Waals surface area contributed by atoms with Crippen LogP contribution in [0.25, 0.3) is 0 Å². The highest BCUT2D eigenvalue weighted by atomic mass is 35.5. The number of rotatable bonds is 7. The summed E-state index contributed by atoms with van der Waals surface area (Å²) in [6.45, 7) is 10.2. The molecule has 0 bridgehead atoms. The Balaban J connectivity index is 1.41. The number of aromatic nitrogens is 2. The summed E-state index contributed by atoms with van der Waals surface area (Å²) >= 11 is 5.67. The first kappa shape index (κ1) is 22.3. The first-order valence-electron chi connectivity index (χ1n) is 10.4. The average Bonchev–Trinajstić information content (AvgIpc) is 2.92. The lowest BCUT2D eigenvalue weighted by atomic mass is 9.81. The van der Waals surface area contributed by atoms with Gasteiger partial charge in [0.25, 0.3) is 0 Å². The summed E-state index contributed by atoms with van der Waals surface area (Å²) in [5.41, 5.74) is -0.00602. The van der Waals surface area contributed by atoms with Crippen molar-refractivity contribution >= 4 is 30.1 Å². The van der Waals surface area contributed by atoms with Crippen molar-refractivity contribution in [3.8, 4) is 6.01 Å². The molecule has 0 unspecified atom stereocenters. The SMILES string of the molecule is CC1(C)OB(c2cnc(OCCC[C@@H]3CCCN(C(=O)CCl)C3)nc2)OC1(C)C. The molecule has 2 saturated heterocycles. The van der Waals surface area contributed by atoms with Crippen LogP contribution in [0.3, 0.4) is 0 Å². The van der Waals surface area contributed by atoms with Crippen molar-refractivity contribution < 1.29 is 18.8 Å². The van der Waals surface area contributed by atoms with Crippen LogP contribution in [0.2, 0.25) is 0 Å². The quantitative estimate of drug-likeness (QED) is 0.381. The molecule has 0 aliphatic carbocycles. The summed E-state index contributed by atoms with van der Waals surface area (Å²) in [5.74, 6) is 0.601. The summed E-state index contributed by atoms with van der Waals surface area (Å²) in [6.07, 6.45) is 7.49. The molecule has 2 aliphatic rings. The number of nitrogens with zero attached hydrogens (tertiary/aromatic N) is 3. The van der Waals surface area contributed by atoms with Crippen LogP contribution < -0.4 is 10.2 Å². The van der Waals surface area contributed by atoms with E-state index in [4.69, 9.17) is 25.6 Å². The van der Waals surface area contributed by atoms with E-state index in [2.05, 4.69) is 9.97 Å². The highest BCUT2D eigenvalue weighted by molar-refractivity contribution is 6.61. The number of carbonyl (C=O) groups is 1. The van der Waals surface area contributed by atoms with Crippen LogP contribution >= 0.6 is 11.6 Å². The molecule has 0 N–H and O–H groups in total. The lowest BCUT2D eigenvalue weighted by Crippen LogP contribution is -2.41. The summed E-state index contributed by atoms with van der Waals surface area (Å²) < 4.78 is 17.7. The molecule has 3 rings (SSSR count). The maximum Gasteiger partial charge on any atom is 0.498 e. The van der Waals surface area contributed by atoms with Crippen molar-refractivity contribution in [2.75, 3.05) is 25.6 Å². The number of halogens is 1. The molecule has 1 aromatic heterocycles. The Morgan fingerprint density at radius 3 is 2.55 bits per heavy atom. The third-order valence-corrected chi connectivity index (χ3v) is 6.38. The minimum atomic E-state index is -0.473. The Bertz CT molecular complexity index is 685. The number of hydrogen-bond donors (Lipinski definition) is 0. The Hall–Kier alpha value is -1.38. The van der Waals surface area contributed by atoms with Crippen LogP contribution in [0.15, 0.2) is 12.4 Å². The molecule has 3 heterocycles. The maximum absolute atomic E-state index is 11.8. The second kappa shape index (κ2) is 9.19. The van der Waals surface area contributed by atoms with Crippen molar-refractivity contribution in [2.45, 2.75) is 64.6 Å². The number of likely N-dealkylation sites (tertiary alicyclic amines) is 1. The van der Waals surface area contributed by atoms with Gasteiger partial charge in [-0.15, -0.1) is 11.6 Å². The molecule has 1 atom stereocenters. The first-order chi connectivity index (χ1) is 13.7. The maximum atomic E-state index is 11.8. The van der Waals surface area contributed by atoms with E-state index in [1.807, 2.05) is 32.6 Å². The van der Waals surface area contributed by atoms with Gasteiger partial charge in [-0.1, -0.05) is 0 Å². The normalized spacial score (nSPS) is 23.3. The molecular formula is C20H31BClN3O4. The van der Waals surface area contributed by atoms with Gasteiger partial charge in [-0.25, -0.2) is 9.97 Å². The average molecular weight is 424 g/mol. The van der Waals surface area contributed by atoms with Gasteiger partial charge in [0.2, 0.25) is 5.91 Å². The zero-order chi connectivity index (χ0) is 21.1. The Morgan fingerprint density at radius 1 is 1.28 bits per heavy atom. The Kier molecular flexibility index (Phi) is 7.07. The van der Waals surface area contributed by atoms with Gasteiger partial charge < -0.3 is 18.9 Å². The third kappa shape index (κ3) is 5.41. The summed E-state index contributed by atoms with van der Waals surface area (Å²) in [6, 6.07) is 0.354. The van der Waals surface area contributed by atoms with E-state index < -0.39 is 18.3 Å². The molecule has 0 aromatic carbocycles. The molecule has 2 aliphatic heterocycles. The van der Waals surface area contributed by atoms with E-state index in [0.717, 1.165) is 44.2 Å². The third-order valence-electron chi connectivity index (χ3n) is 6.15. The zero-order valence-corrected chi connectivity index (χ0v) is 18.6. The smallest absolute Gasteiger partial charge is 0.463 e. The van der Waals surface area contributed by atoms with Crippen molar-refractivity contribution in [1.82, 2.24) is 14.9 Å². The second-order valence-corrected chi connectivity index (χ2v) is 9.13. The molecule has 2 fully saturated rings. The van der Waals surface area contributed by atoms with Gasteiger partial charge in [-0.2, -0.15) is 0 Å². The monoisotopic (exact) mass is 423 g/mol. The number of hydrogen-bond acceptors (Lipinski definition) is 6.